The number of methoxy groups -OCH3 is 1. The molecule has 1 aliphatic carbocycles. The van der Waals surface area contributed by atoms with E-state index in [-0.39, 0.29) is 0 Å². The standard InChI is InChI=1S/C16H25NO/c1-4-9-17-15(11-13-6-7-13)14-10-12(2)5-8-16(14)18-3/h5,8,10,13,15,17H,4,6-7,9,11H2,1-3H3. The average molecular weight is 247 g/mol. The summed E-state index contributed by atoms with van der Waals surface area (Å²) in [7, 11) is 1.77. The summed E-state index contributed by atoms with van der Waals surface area (Å²) in [6.45, 7) is 5.44. The molecule has 0 bridgehead atoms. The molecule has 1 saturated carbocycles. The van der Waals surface area contributed by atoms with Gasteiger partial charge in [0.1, 0.15) is 5.75 Å². The highest BCUT2D eigenvalue weighted by molar-refractivity contribution is 5.39. The van der Waals surface area contributed by atoms with Crippen LogP contribution in [0.4, 0.5) is 0 Å². The zero-order valence-corrected chi connectivity index (χ0v) is 11.8. The molecule has 1 atom stereocenters. The molecule has 0 amide bonds. The summed E-state index contributed by atoms with van der Waals surface area (Å²) in [4.78, 5) is 0. The molecule has 0 spiro atoms. The van der Waals surface area contributed by atoms with Crippen LogP contribution in [0.1, 0.15) is 49.8 Å². The van der Waals surface area contributed by atoms with Gasteiger partial charge in [-0.05, 0) is 38.3 Å². The van der Waals surface area contributed by atoms with Gasteiger partial charge in [-0.1, -0.05) is 37.5 Å². The molecule has 1 aromatic rings. The molecule has 1 unspecified atom stereocenters. The predicted molar refractivity (Wildman–Crippen MR) is 76.1 cm³/mol. The van der Waals surface area contributed by atoms with E-state index in [1.807, 2.05) is 0 Å². The lowest BCUT2D eigenvalue weighted by Crippen LogP contribution is -2.23. The fourth-order valence-corrected chi connectivity index (χ4v) is 2.45. The molecule has 0 aliphatic heterocycles. The summed E-state index contributed by atoms with van der Waals surface area (Å²) in [5.41, 5.74) is 2.64. The second-order valence-electron chi connectivity index (χ2n) is 5.43. The molecule has 0 saturated heterocycles. The molecule has 1 fully saturated rings. The SMILES string of the molecule is CCCNC(CC1CC1)c1cc(C)ccc1OC. The van der Waals surface area contributed by atoms with Crippen LogP contribution in [0.3, 0.4) is 0 Å². The van der Waals surface area contributed by atoms with Crippen LogP contribution in [0.25, 0.3) is 0 Å². The van der Waals surface area contributed by atoms with E-state index in [0.29, 0.717) is 6.04 Å². The fourth-order valence-electron chi connectivity index (χ4n) is 2.45. The van der Waals surface area contributed by atoms with Crippen LogP contribution in [0, 0.1) is 12.8 Å². The molecule has 0 radical (unpaired) electrons. The molecular formula is C16H25NO. The van der Waals surface area contributed by atoms with Gasteiger partial charge in [-0.2, -0.15) is 0 Å². The van der Waals surface area contributed by atoms with Crippen molar-refractivity contribution in [2.75, 3.05) is 13.7 Å². The number of aryl methyl sites for hydroxylation is 1. The Bertz CT molecular complexity index is 385. The van der Waals surface area contributed by atoms with Crippen LogP contribution in [0.15, 0.2) is 18.2 Å². The second kappa shape index (κ2) is 6.24. The summed E-state index contributed by atoms with van der Waals surface area (Å²) in [6.07, 6.45) is 5.23. The van der Waals surface area contributed by atoms with Gasteiger partial charge in [0.25, 0.3) is 0 Å². The minimum atomic E-state index is 0.451. The van der Waals surface area contributed by atoms with E-state index in [4.69, 9.17) is 4.74 Å². The zero-order valence-electron chi connectivity index (χ0n) is 11.8. The molecule has 1 aromatic carbocycles. The van der Waals surface area contributed by atoms with E-state index in [9.17, 15) is 0 Å². The van der Waals surface area contributed by atoms with Crippen molar-refractivity contribution in [1.29, 1.82) is 0 Å². The molecule has 18 heavy (non-hydrogen) atoms. The Kier molecular flexibility index (Phi) is 4.65. The molecule has 100 valence electrons. The Morgan fingerprint density at radius 1 is 1.39 bits per heavy atom. The Balaban J connectivity index is 2.18. The number of nitrogens with one attached hydrogen (secondary N) is 1. The Morgan fingerprint density at radius 3 is 2.78 bits per heavy atom. The van der Waals surface area contributed by atoms with Crippen LogP contribution < -0.4 is 10.1 Å². The van der Waals surface area contributed by atoms with Gasteiger partial charge in [-0.3, -0.25) is 0 Å². The Morgan fingerprint density at radius 2 is 2.17 bits per heavy atom. The molecule has 2 heteroatoms. The zero-order chi connectivity index (χ0) is 13.0. The topological polar surface area (TPSA) is 21.3 Å². The lowest BCUT2D eigenvalue weighted by atomic mass is 9.98. The van der Waals surface area contributed by atoms with E-state index in [2.05, 4.69) is 37.4 Å². The first-order valence-corrected chi connectivity index (χ1v) is 7.12. The van der Waals surface area contributed by atoms with Crippen molar-refractivity contribution in [3.8, 4) is 5.75 Å². The van der Waals surface area contributed by atoms with Crippen LogP contribution in [0.5, 0.6) is 5.75 Å². The van der Waals surface area contributed by atoms with Crippen molar-refractivity contribution in [2.45, 2.75) is 45.6 Å². The van der Waals surface area contributed by atoms with Gasteiger partial charge in [0, 0.05) is 11.6 Å². The van der Waals surface area contributed by atoms with Crippen LogP contribution in [0.2, 0.25) is 0 Å². The van der Waals surface area contributed by atoms with E-state index >= 15 is 0 Å². The lowest BCUT2D eigenvalue weighted by Gasteiger charge is -2.21. The maximum absolute atomic E-state index is 5.52. The molecule has 0 heterocycles. The van der Waals surface area contributed by atoms with Gasteiger partial charge in [-0.25, -0.2) is 0 Å². The normalized spacial score (nSPS) is 16.6. The van der Waals surface area contributed by atoms with Crippen molar-refractivity contribution in [3.63, 3.8) is 0 Å². The van der Waals surface area contributed by atoms with Crippen molar-refractivity contribution in [1.82, 2.24) is 5.32 Å². The first-order chi connectivity index (χ1) is 8.74. The number of ether oxygens (including phenoxy) is 1. The Hall–Kier alpha value is -1.02. The summed E-state index contributed by atoms with van der Waals surface area (Å²) < 4.78 is 5.52. The van der Waals surface area contributed by atoms with E-state index < -0.39 is 0 Å². The third-order valence-corrected chi connectivity index (χ3v) is 3.67. The molecule has 2 rings (SSSR count). The maximum Gasteiger partial charge on any atom is 0.123 e. The van der Waals surface area contributed by atoms with Gasteiger partial charge in [0.2, 0.25) is 0 Å². The summed E-state index contributed by atoms with van der Waals surface area (Å²) in [6, 6.07) is 6.94. The average Bonchev–Trinajstić information content (AvgIpc) is 3.18. The van der Waals surface area contributed by atoms with Gasteiger partial charge >= 0.3 is 0 Å². The summed E-state index contributed by atoms with van der Waals surface area (Å²) in [5, 5.41) is 3.68. The molecular weight excluding hydrogens is 222 g/mol. The first-order valence-electron chi connectivity index (χ1n) is 7.12. The van der Waals surface area contributed by atoms with E-state index in [0.717, 1.165) is 18.2 Å². The molecule has 1 aliphatic rings. The molecule has 0 aromatic heterocycles. The van der Waals surface area contributed by atoms with E-state index in [1.54, 1.807) is 7.11 Å². The van der Waals surface area contributed by atoms with Crippen molar-refractivity contribution in [3.05, 3.63) is 29.3 Å². The van der Waals surface area contributed by atoms with Crippen LogP contribution in [-0.4, -0.2) is 13.7 Å². The Labute approximate surface area is 111 Å². The van der Waals surface area contributed by atoms with Crippen LogP contribution in [-0.2, 0) is 0 Å². The van der Waals surface area contributed by atoms with Gasteiger partial charge in [0.05, 0.1) is 7.11 Å². The monoisotopic (exact) mass is 247 g/mol. The third kappa shape index (κ3) is 3.49. The summed E-state index contributed by atoms with van der Waals surface area (Å²) >= 11 is 0. The minimum Gasteiger partial charge on any atom is -0.496 e. The van der Waals surface area contributed by atoms with Gasteiger partial charge in [-0.15, -0.1) is 0 Å². The second-order valence-corrected chi connectivity index (χ2v) is 5.43. The van der Waals surface area contributed by atoms with Crippen LogP contribution >= 0.6 is 0 Å². The third-order valence-electron chi connectivity index (χ3n) is 3.67. The van der Waals surface area contributed by atoms with E-state index in [1.165, 1.54) is 36.8 Å². The molecule has 1 N–H and O–H groups in total. The number of benzene rings is 1. The number of rotatable bonds is 7. The highest BCUT2D eigenvalue weighted by Gasteiger charge is 2.27. The highest BCUT2D eigenvalue weighted by Crippen LogP contribution is 2.39. The van der Waals surface area contributed by atoms with Crippen molar-refractivity contribution >= 4 is 0 Å². The summed E-state index contributed by atoms with van der Waals surface area (Å²) in [5.74, 6) is 1.94. The van der Waals surface area contributed by atoms with Gasteiger partial charge < -0.3 is 10.1 Å². The highest BCUT2D eigenvalue weighted by atomic mass is 16.5. The number of hydrogen-bond acceptors (Lipinski definition) is 2. The van der Waals surface area contributed by atoms with Crippen molar-refractivity contribution < 1.29 is 4.74 Å². The first kappa shape index (κ1) is 13.4. The van der Waals surface area contributed by atoms with Gasteiger partial charge in [0.15, 0.2) is 0 Å². The molecule has 2 nitrogen and oxygen atoms in total. The number of hydrogen-bond donors (Lipinski definition) is 1. The quantitative estimate of drug-likeness (QED) is 0.790. The smallest absolute Gasteiger partial charge is 0.123 e. The fraction of sp³-hybridized carbons (Fsp3) is 0.625. The van der Waals surface area contributed by atoms with Crippen molar-refractivity contribution in [2.24, 2.45) is 5.92 Å². The minimum absolute atomic E-state index is 0.451. The maximum atomic E-state index is 5.52. The lowest BCUT2D eigenvalue weighted by molar-refractivity contribution is 0.391. The predicted octanol–water partition coefficient (Wildman–Crippen LogP) is 3.84. The largest absolute Gasteiger partial charge is 0.496 e.